The van der Waals surface area contributed by atoms with Crippen LogP contribution in [0, 0.1) is 0 Å². The summed E-state index contributed by atoms with van der Waals surface area (Å²) in [4.78, 5) is 0. The average molecular weight is 460 g/mol. The molecular weight excluding hydrogens is 413 g/mol. The highest BCUT2D eigenvalue weighted by Gasteiger charge is 2.54. The molecule has 0 unspecified atom stereocenters. The van der Waals surface area contributed by atoms with Gasteiger partial charge in [0.05, 0.1) is 13.2 Å². The van der Waals surface area contributed by atoms with Gasteiger partial charge in [-0.05, 0) is 33.1 Å². The molecule has 0 rings (SSSR count). The molecule has 0 atom stereocenters. The fourth-order valence-corrected chi connectivity index (χ4v) is 6.94. The Morgan fingerprint density at radius 3 is 1.24 bits per heavy atom. The van der Waals surface area contributed by atoms with Crippen molar-refractivity contribution in [3.8, 4) is 0 Å². The molecule has 0 spiro atoms. The molecule has 0 aromatic carbocycles. The van der Waals surface area contributed by atoms with Crippen molar-refractivity contribution in [2.24, 2.45) is 0 Å². The Bertz CT molecular complexity index is 446. The first-order chi connectivity index (χ1) is 13.6. The van der Waals surface area contributed by atoms with Crippen LogP contribution in [-0.2, 0) is 19.1 Å². The molecule has 0 bridgehead atoms. The van der Waals surface area contributed by atoms with Gasteiger partial charge in [-0.15, -0.1) is 14.0 Å². The van der Waals surface area contributed by atoms with Crippen LogP contribution < -0.4 is 0 Å². The lowest BCUT2D eigenvalue weighted by Crippen LogP contribution is -2.43. The topological polar surface area (TPSA) is 85.4 Å². The van der Waals surface area contributed by atoms with Gasteiger partial charge < -0.3 is 4.55 Å². The van der Waals surface area contributed by atoms with E-state index in [1.54, 1.807) is 0 Å². The number of hydrogen-bond donors (Lipinski definition) is 0. The summed E-state index contributed by atoms with van der Waals surface area (Å²) in [6.45, 7) is 14.3. The van der Waals surface area contributed by atoms with Gasteiger partial charge in [-0.2, -0.15) is 4.52 Å². The van der Waals surface area contributed by atoms with Gasteiger partial charge in [0, 0.05) is 40.8 Å². The molecule has 178 valence electrons. The normalized spacial score (nSPS) is 12.6. The van der Waals surface area contributed by atoms with Crippen molar-refractivity contribution >= 4 is 18.3 Å². The minimum atomic E-state index is -4.42. The summed E-state index contributed by atoms with van der Waals surface area (Å²) >= 11 is 0. The fraction of sp³-hybridized carbons (Fsp3) is 1.00. The number of rotatable bonds is 16. The van der Waals surface area contributed by atoms with E-state index in [-0.39, 0.29) is 6.61 Å². The second-order valence-corrected chi connectivity index (χ2v) is 11.3. The zero-order valence-electron chi connectivity index (χ0n) is 20.0. The van der Waals surface area contributed by atoms with E-state index in [1.165, 1.54) is 45.4 Å². The molecule has 0 aromatic heterocycles. The Hall–Kier alpha value is 0.140. The predicted molar refractivity (Wildman–Crippen MR) is 122 cm³/mol. The highest BCUT2D eigenvalue weighted by molar-refractivity contribution is 7.80. The van der Waals surface area contributed by atoms with E-state index in [1.807, 2.05) is 0 Å². The van der Waals surface area contributed by atoms with Gasteiger partial charge in [-0.25, -0.2) is 8.42 Å². The molecule has 29 heavy (non-hydrogen) atoms. The lowest BCUT2D eigenvalue weighted by Gasteiger charge is -2.41. The Morgan fingerprint density at radius 2 is 1.07 bits per heavy atom. The second kappa shape index (κ2) is 17.8. The molecule has 0 aliphatic carbocycles. The highest BCUT2D eigenvalue weighted by Crippen LogP contribution is 2.66. The first-order valence-corrected chi connectivity index (χ1v) is 13.8. The van der Waals surface area contributed by atoms with Crippen LogP contribution in [-0.4, -0.2) is 81.0 Å². The molecule has 10 heteroatoms. The van der Waals surface area contributed by atoms with Crippen molar-refractivity contribution in [1.29, 1.82) is 0 Å². The van der Waals surface area contributed by atoms with Crippen LogP contribution in [0.3, 0.4) is 0 Å². The SMILES string of the molecule is CCCCN(C)[P+](OCC)(N(C)CCCC)N(C)CCCC.CCOS(=O)(=O)[O-]. The van der Waals surface area contributed by atoms with Crippen LogP contribution in [0.2, 0.25) is 0 Å². The number of hydrogen-bond acceptors (Lipinski definition) is 8. The lowest BCUT2D eigenvalue weighted by atomic mass is 10.3. The largest absolute Gasteiger partial charge is 0.726 e. The van der Waals surface area contributed by atoms with Crippen LogP contribution in [0.4, 0.5) is 0 Å². The molecule has 0 aromatic rings. The zero-order chi connectivity index (χ0) is 22.9. The molecule has 0 aliphatic heterocycles. The van der Waals surface area contributed by atoms with Crippen LogP contribution in [0.5, 0.6) is 0 Å². The summed E-state index contributed by atoms with van der Waals surface area (Å²) in [7, 11) is 0.479. The lowest BCUT2D eigenvalue weighted by molar-refractivity contribution is 0.217. The van der Waals surface area contributed by atoms with Crippen molar-refractivity contribution in [3.05, 3.63) is 0 Å². The summed E-state index contributed by atoms with van der Waals surface area (Å²) in [6.07, 6.45) is 7.38. The summed E-state index contributed by atoms with van der Waals surface area (Å²) in [5.74, 6) is 0. The Balaban J connectivity index is 0. The van der Waals surface area contributed by atoms with Crippen molar-refractivity contribution < 1.29 is 21.7 Å². The molecule has 0 aliphatic rings. The quantitative estimate of drug-likeness (QED) is 0.191. The van der Waals surface area contributed by atoms with Gasteiger partial charge in [0.2, 0.25) is 10.4 Å². The summed E-state index contributed by atoms with van der Waals surface area (Å²) in [5, 5.41) is 0. The van der Waals surface area contributed by atoms with Crippen molar-refractivity contribution in [2.45, 2.75) is 73.1 Å². The first kappa shape index (κ1) is 31.3. The maximum absolute atomic E-state index is 9.45. The number of nitrogens with zero attached hydrogens (tertiary/aromatic N) is 3. The molecule has 0 fully saturated rings. The summed E-state index contributed by atoms with van der Waals surface area (Å²) < 4.78 is 46.0. The van der Waals surface area contributed by atoms with Crippen LogP contribution in [0.1, 0.15) is 73.1 Å². The van der Waals surface area contributed by atoms with E-state index in [9.17, 15) is 13.0 Å². The van der Waals surface area contributed by atoms with E-state index >= 15 is 0 Å². The van der Waals surface area contributed by atoms with Crippen LogP contribution in [0.25, 0.3) is 0 Å². The minimum Gasteiger partial charge on any atom is -0.726 e. The van der Waals surface area contributed by atoms with Gasteiger partial charge in [-0.3, -0.25) is 4.18 Å². The van der Waals surface area contributed by atoms with Gasteiger partial charge in [0.1, 0.15) is 0 Å². The van der Waals surface area contributed by atoms with Gasteiger partial charge in [0.15, 0.2) is 0 Å². The fourth-order valence-electron chi connectivity index (χ4n) is 2.95. The smallest absolute Gasteiger partial charge is 0.370 e. The molecule has 0 amide bonds. The summed E-state index contributed by atoms with van der Waals surface area (Å²) in [5.41, 5.74) is 0. The van der Waals surface area contributed by atoms with Crippen molar-refractivity contribution in [3.63, 3.8) is 0 Å². The first-order valence-electron chi connectivity index (χ1n) is 10.9. The molecule has 0 N–H and O–H groups in total. The maximum atomic E-state index is 9.45. The van der Waals surface area contributed by atoms with E-state index in [4.69, 9.17) is 4.52 Å². The van der Waals surface area contributed by atoms with E-state index in [0.717, 1.165) is 26.2 Å². The average Bonchev–Trinajstić information content (AvgIpc) is 2.65. The zero-order valence-corrected chi connectivity index (χ0v) is 21.7. The summed E-state index contributed by atoms with van der Waals surface area (Å²) in [6, 6.07) is 0. The van der Waals surface area contributed by atoms with Gasteiger partial charge in [-0.1, -0.05) is 40.0 Å². The molecule has 0 heterocycles. The van der Waals surface area contributed by atoms with Gasteiger partial charge in [0.25, 0.3) is 0 Å². The Kier molecular flexibility index (Phi) is 19.2. The maximum Gasteiger partial charge on any atom is 0.370 e. The van der Waals surface area contributed by atoms with Crippen LogP contribution >= 0.6 is 7.94 Å². The minimum absolute atomic E-state index is 0.0914. The third kappa shape index (κ3) is 13.2. The van der Waals surface area contributed by atoms with E-state index in [2.05, 4.69) is 67.0 Å². The van der Waals surface area contributed by atoms with Crippen molar-refractivity contribution in [2.75, 3.05) is 54.0 Å². The van der Waals surface area contributed by atoms with Crippen LogP contribution in [0.15, 0.2) is 0 Å². The molecule has 0 saturated carbocycles. The third-order valence-electron chi connectivity index (χ3n) is 4.40. The van der Waals surface area contributed by atoms with Crippen molar-refractivity contribution in [1.82, 2.24) is 14.0 Å². The second-order valence-electron chi connectivity index (χ2n) is 6.95. The van der Waals surface area contributed by atoms with Gasteiger partial charge >= 0.3 is 7.94 Å². The molecule has 0 saturated heterocycles. The third-order valence-corrected chi connectivity index (χ3v) is 8.80. The standard InChI is InChI=1S/C17H41N3OP.C2H6O4S/c1-8-12-15-18(5)22(21-11-4,19(6)16-13-9-2)20(7)17-14-10-3;1-2-6-7(3,4)5/h8-17H2,1-7H3;2H2,1H3,(H,3,4,5)/q+1;/p-1. The van der Waals surface area contributed by atoms with E-state index < -0.39 is 18.3 Å². The molecule has 8 nitrogen and oxygen atoms in total. The monoisotopic (exact) mass is 459 g/mol. The highest BCUT2D eigenvalue weighted by atomic mass is 32.3. The Labute approximate surface area is 181 Å². The number of unbranched alkanes of at least 4 members (excludes halogenated alkanes) is 3. The predicted octanol–water partition coefficient (Wildman–Crippen LogP) is 4.38. The molecule has 0 radical (unpaired) electrons. The Morgan fingerprint density at radius 1 is 0.724 bits per heavy atom. The molecular formula is C19H46N3O5PS. The van der Waals surface area contributed by atoms with E-state index in [0.29, 0.717) is 0 Å².